The van der Waals surface area contributed by atoms with E-state index < -0.39 is 0 Å². The number of furan rings is 8. The summed E-state index contributed by atoms with van der Waals surface area (Å²) in [5.74, 6) is 0. The Kier molecular flexibility index (Phi) is 10.6. The zero-order chi connectivity index (χ0) is 60.1. The molecule has 0 radical (unpaired) electrons. The van der Waals surface area contributed by atoms with Crippen molar-refractivity contribution in [2.75, 3.05) is 19.6 Å². The first-order valence-electron chi connectivity index (χ1n) is 30.3. The molecule has 0 aliphatic heterocycles. The van der Waals surface area contributed by atoms with Crippen molar-refractivity contribution in [2.24, 2.45) is 0 Å². The van der Waals surface area contributed by atoms with Gasteiger partial charge in [-0.15, -0.1) is 0 Å². The van der Waals surface area contributed by atoms with Crippen molar-refractivity contribution >= 4 is 188 Å². The Hall–Kier alpha value is -12.8. The lowest BCUT2D eigenvalue weighted by molar-refractivity contribution is 0.615. The standard InChI is InChI=1S/C80H46N4O8/c1-13-71-47(21-29-85-71)37-55(1)81(56-2-14-72-48(38-56)22-30-86-72)67-45-68(82(57-3-15-73-49(39-57)23-31-87-73)58-4-16-74-50(40-58)24-32-88-74)64-11-12-66-70(84(61-7-19-77-53(43-61)27-35-91-77)62-8-20-78-54(44-62)28-36-92-78)46-69(65-10-9-63(67)79(64)80(65)66)83(59-5-17-75-51(41-59)25-33-89-75)60-6-18-76-52(42-60)26-34-90-76/h1-46H. The summed E-state index contributed by atoms with van der Waals surface area (Å²) >= 11 is 0. The Labute approximate surface area is 521 Å². The molecule has 0 unspecified atom stereocenters. The highest BCUT2D eigenvalue weighted by molar-refractivity contribution is 6.33. The highest BCUT2D eigenvalue weighted by Crippen LogP contribution is 2.56. The van der Waals surface area contributed by atoms with E-state index in [1.165, 1.54) is 0 Å². The first-order chi connectivity index (χ1) is 45.5. The van der Waals surface area contributed by atoms with Crippen molar-refractivity contribution in [2.45, 2.75) is 0 Å². The zero-order valence-electron chi connectivity index (χ0n) is 48.6. The van der Waals surface area contributed by atoms with Gasteiger partial charge >= 0.3 is 0 Å². The quantitative estimate of drug-likeness (QED) is 0.108. The van der Waals surface area contributed by atoms with Crippen LogP contribution in [0, 0.1) is 0 Å². The summed E-state index contributed by atoms with van der Waals surface area (Å²) in [5.41, 5.74) is 17.5. The van der Waals surface area contributed by atoms with Crippen LogP contribution in [0.1, 0.15) is 0 Å². The van der Waals surface area contributed by atoms with E-state index >= 15 is 0 Å². The molecule has 0 fully saturated rings. The normalized spacial score (nSPS) is 12.1. The zero-order valence-corrected chi connectivity index (χ0v) is 48.6. The van der Waals surface area contributed by atoms with E-state index in [-0.39, 0.29) is 0 Å². The maximum Gasteiger partial charge on any atom is 0.133 e. The third-order valence-corrected chi connectivity index (χ3v) is 18.3. The Morgan fingerprint density at radius 1 is 0.163 bits per heavy atom. The maximum atomic E-state index is 6.04. The molecule has 0 atom stereocenters. The molecule has 0 amide bonds. The molecule has 8 heterocycles. The minimum absolute atomic E-state index is 0.789. The van der Waals surface area contributed by atoms with Gasteiger partial charge in [-0.1, -0.05) is 24.3 Å². The molecule has 20 rings (SSSR count). The lowest BCUT2D eigenvalue weighted by Gasteiger charge is -2.34. The van der Waals surface area contributed by atoms with Gasteiger partial charge in [0, 0.05) is 121 Å². The fourth-order valence-corrected chi connectivity index (χ4v) is 14.1. The maximum absolute atomic E-state index is 6.04. The molecule has 12 heteroatoms. The molecule has 0 bridgehead atoms. The summed E-state index contributed by atoms with van der Waals surface area (Å²) < 4.78 is 48.3. The van der Waals surface area contributed by atoms with Crippen LogP contribution in [0.2, 0.25) is 0 Å². The smallest absolute Gasteiger partial charge is 0.133 e. The fraction of sp³-hybridized carbons (Fsp3) is 0. The molecule has 92 heavy (non-hydrogen) atoms. The Bertz CT molecular complexity index is 5250. The van der Waals surface area contributed by atoms with E-state index in [1.54, 1.807) is 50.1 Å². The molecule has 20 aromatic rings. The SMILES string of the molecule is c1cc2cc(N(c3ccc4occc4c3)c3cc(N(c4ccc5occc5c4)c4ccc5occc5c4)c4ccc5c(N(c6ccc7occc7c6)c6ccc7occc7c6)cc(N(c6ccc7occc7c6)c6ccc7occc7c6)c6ccc3c4c65)ccc2o1. The van der Waals surface area contributed by atoms with E-state index in [2.05, 4.69) is 202 Å². The molecule has 0 N–H and O–H groups in total. The summed E-state index contributed by atoms with van der Waals surface area (Å²) in [6.07, 6.45) is 14.0. The van der Waals surface area contributed by atoms with Gasteiger partial charge < -0.3 is 54.9 Å². The number of hydrogen-bond acceptors (Lipinski definition) is 12. The van der Waals surface area contributed by atoms with Crippen molar-refractivity contribution in [1.82, 2.24) is 0 Å². The van der Waals surface area contributed by atoms with E-state index in [4.69, 9.17) is 35.3 Å². The minimum atomic E-state index is 0.789. The van der Waals surface area contributed by atoms with Crippen LogP contribution in [-0.2, 0) is 0 Å². The van der Waals surface area contributed by atoms with Crippen molar-refractivity contribution in [1.29, 1.82) is 0 Å². The summed E-state index contributed by atoms with van der Waals surface area (Å²) in [6.45, 7) is 0. The number of hydrogen-bond donors (Lipinski definition) is 0. The van der Waals surface area contributed by atoms with Crippen LogP contribution < -0.4 is 19.6 Å². The van der Waals surface area contributed by atoms with E-state index in [0.29, 0.717) is 0 Å². The lowest BCUT2D eigenvalue weighted by atomic mass is 9.89. The van der Waals surface area contributed by atoms with Crippen LogP contribution in [0.5, 0.6) is 0 Å². The van der Waals surface area contributed by atoms with Crippen molar-refractivity contribution in [3.8, 4) is 0 Å². The molecule has 12 nitrogen and oxygen atoms in total. The second kappa shape index (κ2) is 19.3. The van der Waals surface area contributed by atoms with E-state index in [0.717, 1.165) is 188 Å². The average Bonchev–Trinajstić information content (AvgIpc) is 0.812. The van der Waals surface area contributed by atoms with Crippen molar-refractivity contribution in [3.05, 3.63) is 281 Å². The van der Waals surface area contributed by atoms with Gasteiger partial charge in [-0.25, -0.2) is 0 Å². The molecule has 0 saturated carbocycles. The van der Waals surface area contributed by atoms with Gasteiger partial charge in [0.05, 0.1) is 72.9 Å². The van der Waals surface area contributed by atoms with Gasteiger partial charge in [0.25, 0.3) is 0 Å². The van der Waals surface area contributed by atoms with Crippen molar-refractivity contribution < 1.29 is 35.3 Å². The molecule has 12 aromatic carbocycles. The van der Waals surface area contributed by atoms with Gasteiger partial charge in [-0.05, 0) is 206 Å². The lowest BCUT2D eigenvalue weighted by Crippen LogP contribution is -2.16. The minimum Gasteiger partial charge on any atom is -0.464 e. The Morgan fingerprint density at radius 2 is 0.326 bits per heavy atom. The average molecular weight is 1190 g/mol. The van der Waals surface area contributed by atoms with E-state index in [9.17, 15) is 0 Å². The molecule has 0 saturated heterocycles. The van der Waals surface area contributed by atoms with Crippen LogP contribution in [0.25, 0.3) is 120 Å². The molecule has 8 aromatic heterocycles. The van der Waals surface area contributed by atoms with Gasteiger partial charge in [-0.3, -0.25) is 0 Å². The van der Waals surface area contributed by atoms with Gasteiger partial charge in [-0.2, -0.15) is 0 Å². The Morgan fingerprint density at radius 3 is 0.489 bits per heavy atom. The third kappa shape index (κ3) is 7.70. The first-order valence-corrected chi connectivity index (χ1v) is 30.3. The predicted octanol–water partition coefficient (Wildman–Crippen LogP) is 24.4. The van der Waals surface area contributed by atoms with Crippen molar-refractivity contribution in [3.63, 3.8) is 0 Å². The number of anilines is 12. The molecule has 0 aliphatic carbocycles. The van der Waals surface area contributed by atoms with Crippen LogP contribution in [0.15, 0.2) is 316 Å². The highest BCUT2D eigenvalue weighted by atomic mass is 16.3. The number of benzene rings is 12. The predicted molar refractivity (Wildman–Crippen MR) is 367 cm³/mol. The van der Waals surface area contributed by atoms with Crippen LogP contribution in [-0.4, -0.2) is 0 Å². The second-order valence-electron chi connectivity index (χ2n) is 23.4. The first kappa shape index (κ1) is 50.2. The monoisotopic (exact) mass is 1190 g/mol. The molecule has 0 aliphatic rings. The largest absolute Gasteiger partial charge is 0.464 e. The summed E-state index contributed by atoms with van der Waals surface area (Å²) in [6, 6.07) is 81.5. The van der Waals surface area contributed by atoms with E-state index in [1.807, 2.05) is 48.5 Å². The number of fused-ring (bicyclic) bond motifs is 8. The second-order valence-corrected chi connectivity index (χ2v) is 23.4. The van der Waals surface area contributed by atoms with Gasteiger partial charge in [0.1, 0.15) is 44.7 Å². The third-order valence-electron chi connectivity index (χ3n) is 18.3. The summed E-state index contributed by atoms with van der Waals surface area (Å²) in [4.78, 5) is 9.52. The fourth-order valence-electron chi connectivity index (χ4n) is 14.1. The number of nitrogens with zero attached hydrogens (tertiary/aromatic N) is 4. The van der Waals surface area contributed by atoms with Crippen LogP contribution in [0.3, 0.4) is 0 Å². The summed E-state index contributed by atoms with van der Waals surface area (Å²) in [5, 5.41) is 13.9. The Balaban J connectivity index is 0.972. The number of rotatable bonds is 12. The molecule has 434 valence electrons. The molecular formula is C80H46N4O8. The van der Waals surface area contributed by atoms with Gasteiger partial charge in [0.15, 0.2) is 0 Å². The van der Waals surface area contributed by atoms with Gasteiger partial charge in [0.2, 0.25) is 0 Å². The molecular weight excluding hydrogens is 1140 g/mol. The summed E-state index contributed by atoms with van der Waals surface area (Å²) in [7, 11) is 0. The molecule has 0 spiro atoms. The highest BCUT2D eigenvalue weighted by Gasteiger charge is 2.31. The topological polar surface area (TPSA) is 118 Å². The van der Waals surface area contributed by atoms with Crippen LogP contribution >= 0.6 is 0 Å². The van der Waals surface area contributed by atoms with Crippen LogP contribution in [0.4, 0.5) is 68.2 Å².